The van der Waals surface area contributed by atoms with Crippen LogP contribution in [0, 0.1) is 0 Å². The summed E-state index contributed by atoms with van der Waals surface area (Å²) in [5.41, 5.74) is 0. The third-order valence-corrected chi connectivity index (χ3v) is 4.39. The zero-order valence-corrected chi connectivity index (χ0v) is 10.6. The maximum Gasteiger partial charge on any atom is 0.240 e. The Bertz CT molecular complexity index is 428. The van der Waals surface area contributed by atoms with Gasteiger partial charge in [0.05, 0.1) is 6.54 Å². The first-order valence-electron chi connectivity index (χ1n) is 7.18. The summed E-state index contributed by atoms with van der Waals surface area (Å²) in [6.45, 7) is 3.09. The largest absolute Gasteiger partial charge is 0.338 e. The van der Waals surface area contributed by atoms with Crippen LogP contribution in [-0.4, -0.2) is 40.2 Å². The fourth-order valence-electron chi connectivity index (χ4n) is 3.19. The van der Waals surface area contributed by atoms with Gasteiger partial charge in [-0.3, -0.25) is 4.90 Å². The first-order valence-corrected chi connectivity index (χ1v) is 7.18. The molecule has 2 aliphatic heterocycles. The smallest absolute Gasteiger partial charge is 0.240 e. The Labute approximate surface area is 107 Å². The van der Waals surface area contributed by atoms with Gasteiger partial charge in [-0.05, 0) is 32.1 Å². The first kappa shape index (κ1) is 10.9. The third-order valence-electron chi connectivity index (χ3n) is 4.39. The van der Waals surface area contributed by atoms with Crippen molar-refractivity contribution in [3.8, 4) is 0 Å². The van der Waals surface area contributed by atoms with Crippen molar-refractivity contribution in [2.75, 3.05) is 13.1 Å². The van der Waals surface area contributed by atoms with E-state index in [2.05, 4.69) is 20.4 Å². The minimum atomic E-state index is 0.587. The highest BCUT2D eigenvalue weighted by molar-refractivity contribution is 5.03. The van der Waals surface area contributed by atoms with Gasteiger partial charge >= 0.3 is 0 Å². The average molecular weight is 248 g/mol. The molecule has 0 radical (unpaired) electrons. The van der Waals surface area contributed by atoms with Gasteiger partial charge in [-0.15, -0.1) is 0 Å². The highest BCUT2D eigenvalue weighted by Gasteiger charge is 2.31. The second kappa shape index (κ2) is 4.31. The standard InChI is InChI=1S/C13H20N4O/c1-2-9(1)13-15-12(18-16-13)8-17-6-5-10-3-4-11(7-17)14-10/h9-11,14H,1-8H2. The van der Waals surface area contributed by atoms with E-state index < -0.39 is 0 Å². The molecule has 1 aliphatic carbocycles. The Balaban J connectivity index is 1.40. The molecule has 5 nitrogen and oxygen atoms in total. The van der Waals surface area contributed by atoms with Crippen LogP contribution in [0.25, 0.3) is 0 Å². The molecule has 4 rings (SSSR count). The SMILES string of the molecule is C1CC2CN(Cc3nc(C4CC4)no3)CCC1N2. The van der Waals surface area contributed by atoms with Crippen LogP contribution in [0.4, 0.5) is 0 Å². The molecule has 0 amide bonds. The molecule has 1 aromatic heterocycles. The number of hydrogen-bond donors (Lipinski definition) is 1. The number of likely N-dealkylation sites (tertiary alicyclic amines) is 1. The Morgan fingerprint density at radius 3 is 2.94 bits per heavy atom. The minimum absolute atomic E-state index is 0.587. The Kier molecular flexibility index (Phi) is 2.62. The molecular weight excluding hydrogens is 228 g/mol. The van der Waals surface area contributed by atoms with E-state index in [4.69, 9.17) is 4.52 Å². The normalized spacial score (nSPS) is 32.7. The van der Waals surface area contributed by atoms with Crippen molar-refractivity contribution in [3.63, 3.8) is 0 Å². The van der Waals surface area contributed by atoms with Crippen LogP contribution in [0.1, 0.15) is 49.7 Å². The van der Waals surface area contributed by atoms with E-state index in [0.29, 0.717) is 12.0 Å². The molecule has 3 heterocycles. The number of nitrogens with zero attached hydrogens (tertiary/aromatic N) is 3. The molecule has 98 valence electrons. The molecule has 0 aromatic carbocycles. The van der Waals surface area contributed by atoms with Crippen LogP contribution in [0.5, 0.6) is 0 Å². The number of aromatic nitrogens is 2. The van der Waals surface area contributed by atoms with E-state index in [1.54, 1.807) is 0 Å². The fourth-order valence-corrected chi connectivity index (χ4v) is 3.19. The highest BCUT2D eigenvalue weighted by atomic mass is 16.5. The second-order valence-electron chi connectivity index (χ2n) is 5.98. The van der Waals surface area contributed by atoms with Crippen LogP contribution in [0.15, 0.2) is 4.52 Å². The highest BCUT2D eigenvalue weighted by Crippen LogP contribution is 2.38. The van der Waals surface area contributed by atoms with Gasteiger partial charge in [0.25, 0.3) is 0 Å². The summed E-state index contributed by atoms with van der Waals surface area (Å²) in [5.74, 6) is 2.32. The molecular formula is C13H20N4O. The van der Waals surface area contributed by atoms with E-state index in [1.165, 1.54) is 32.1 Å². The lowest BCUT2D eigenvalue weighted by molar-refractivity contribution is 0.216. The Morgan fingerprint density at radius 1 is 1.17 bits per heavy atom. The fraction of sp³-hybridized carbons (Fsp3) is 0.846. The molecule has 1 N–H and O–H groups in total. The van der Waals surface area contributed by atoms with E-state index in [1.807, 2.05) is 0 Å². The summed E-state index contributed by atoms with van der Waals surface area (Å²) in [4.78, 5) is 6.98. The number of fused-ring (bicyclic) bond motifs is 2. The molecule has 3 aliphatic rings. The molecule has 0 spiro atoms. The molecule has 2 unspecified atom stereocenters. The van der Waals surface area contributed by atoms with Crippen molar-refractivity contribution in [3.05, 3.63) is 11.7 Å². The summed E-state index contributed by atoms with van der Waals surface area (Å²) in [7, 11) is 0. The van der Waals surface area contributed by atoms with Gasteiger partial charge in [-0.2, -0.15) is 4.98 Å². The average Bonchev–Trinajstić information content (AvgIpc) is 2.99. The van der Waals surface area contributed by atoms with Crippen molar-refractivity contribution < 1.29 is 4.52 Å². The van der Waals surface area contributed by atoms with Gasteiger partial charge < -0.3 is 9.84 Å². The minimum Gasteiger partial charge on any atom is -0.338 e. The van der Waals surface area contributed by atoms with Gasteiger partial charge in [-0.1, -0.05) is 5.16 Å². The van der Waals surface area contributed by atoms with Crippen LogP contribution in [-0.2, 0) is 6.54 Å². The summed E-state index contributed by atoms with van der Waals surface area (Å²) < 4.78 is 5.37. The predicted molar refractivity (Wildman–Crippen MR) is 66.1 cm³/mol. The lowest BCUT2D eigenvalue weighted by atomic mass is 10.1. The van der Waals surface area contributed by atoms with Crippen molar-refractivity contribution >= 4 is 0 Å². The van der Waals surface area contributed by atoms with Crippen molar-refractivity contribution in [1.29, 1.82) is 0 Å². The second-order valence-corrected chi connectivity index (χ2v) is 5.98. The number of hydrogen-bond acceptors (Lipinski definition) is 5. The lowest BCUT2D eigenvalue weighted by Crippen LogP contribution is -2.35. The van der Waals surface area contributed by atoms with Gasteiger partial charge in [0, 0.05) is 31.1 Å². The quantitative estimate of drug-likeness (QED) is 0.873. The Morgan fingerprint density at radius 2 is 2.06 bits per heavy atom. The van der Waals surface area contributed by atoms with E-state index in [0.717, 1.165) is 37.4 Å². The third kappa shape index (κ3) is 2.17. The predicted octanol–water partition coefficient (Wildman–Crippen LogP) is 1.27. The van der Waals surface area contributed by atoms with Crippen molar-refractivity contribution in [2.45, 2.75) is 56.7 Å². The summed E-state index contributed by atoms with van der Waals surface area (Å²) >= 11 is 0. The molecule has 2 saturated heterocycles. The summed E-state index contributed by atoms with van der Waals surface area (Å²) in [5, 5.41) is 7.78. The molecule has 1 aromatic rings. The molecule has 18 heavy (non-hydrogen) atoms. The molecule has 2 atom stereocenters. The first-order chi connectivity index (χ1) is 8.87. The zero-order chi connectivity index (χ0) is 11.9. The van der Waals surface area contributed by atoms with Crippen LogP contribution in [0.2, 0.25) is 0 Å². The molecule has 5 heteroatoms. The molecule has 1 saturated carbocycles. The number of nitrogens with one attached hydrogen (secondary N) is 1. The molecule has 3 fully saturated rings. The van der Waals surface area contributed by atoms with Gasteiger partial charge in [0.2, 0.25) is 5.89 Å². The maximum absolute atomic E-state index is 5.37. The Hall–Kier alpha value is -0.940. The topological polar surface area (TPSA) is 54.2 Å². The van der Waals surface area contributed by atoms with Crippen molar-refractivity contribution in [1.82, 2.24) is 20.4 Å². The van der Waals surface area contributed by atoms with Crippen LogP contribution >= 0.6 is 0 Å². The maximum atomic E-state index is 5.37. The summed E-state index contributed by atoms with van der Waals surface area (Å²) in [6.07, 6.45) is 6.38. The zero-order valence-electron chi connectivity index (χ0n) is 10.6. The van der Waals surface area contributed by atoms with Crippen LogP contribution in [0.3, 0.4) is 0 Å². The van der Waals surface area contributed by atoms with Gasteiger partial charge in [-0.25, -0.2) is 0 Å². The lowest BCUT2D eigenvalue weighted by Gasteiger charge is -2.21. The van der Waals surface area contributed by atoms with Crippen molar-refractivity contribution in [2.24, 2.45) is 0 Å². The van der Waals surface area contributed by atoms with Crippen LogP contribution < -0.4 is 5.32 Å². The van der Waals surface area contributed by atoms with Gasteiger partial charge in [0.1, 0.15) is 0 Å². The summed E-state index contributed by atoms with van der Waals surface area (Å²) in [6, 6.07) is 1.41. The van der Waals surface area contributed by atoms with E-state index in [-0.39, 0.29) is 0 Å². The number of rotatable bonds is 3. The van der Waals surface area contributed by atoms with E-state index >= 15 is 0 Å². The molecule has 2 bridgehead atoms. The monoisotopic (exact) mass is 248 g/mol. The van der Waals surface area contributed by atoms with Gasteiger partial charge in [0.15, 0.2) is 5.82 Å². The van der Waals surface area contributed by atoms with E-state index in [9.17, 15) is 0 Å².